The van der Waals surface area contributed by atoms with Crippen LogP contribution in [0.25, 0.3) is 33.8 Å². The van der Waals surface area contributed by atoms with Gasteiger partial charge in [-0.1, -0.05) is 63.9 Å². The van der Waals surface area contributed by atoms with E-state index >= 15 is 0 Å². The number of pyridine rings is 3. The third-order valence-corrected chi connectivity index (χ3v) is 9.82. The number of hydrogen-bond donors (Lipinski definition) is 0. The van der Waals surface area contributed by atoms with Gasteiger partial charge in [-0.05, 0) is 130 Å². The van der Waals surface area contributed by atoms with Crippen LogP contribution in [-0.4, -0.2) is 21.7 Å². The highest BCUT2D eigenvalue weighted by Gasteiger charge is 2.38. The Morgan fingerprint density at radius 3 is 1.42 bits per heavy atom. The molecule has 0 aliphatic carbocycles. The van der Waals surface area contributed by atoms with E-state index in [2.05, 4.69) is 103 Å². The first-order valence-electron chi connectivity index (χ1n) is 15.9. The summed E-state index contributed by atoms with van der Waals surface area (Å²) in [6.45, 7) is 16.0. The van der Waals surface area contributed by atoms with E-state index in [1.54, 1.807) is 0 Å². The van der Waals surface area contributed by atoms with Crippen molar-refractivity contribution in [2.45, 2.75) is 54.9 Å². The summed E-state index contributed by atoms with van der Waals surface area (Å²) in [4.78, 5) is 14.5. The van der Waals surface area contributed by atoms with Crippen molar-refractivity contribution >= 4 is 23.1 Å². The Balaban J connectivity index is 1.61. The molecular formula is C41H38BN3. The van der Waals surface area contributed by atoms with E-state index in [1.165, 1.54) is 83.1 Å². The molecule has 4 heterocycles. The lowest BCUT2D eigenvalue weighted by Crippen LogP contribution is -2.60. The van der Waals surface area contributed by atoms with Gasteiger partial charge in [0, 0.05) is 35.3 Å². The molecule has 0 radical (unpaired) electrons. The minimum atomic E-state index is 0.0536. The van der Waals surface area contributed by atoms with Crippen molar-refractivity contribution in [3.8, 4) is 33.8 Å². The Hall–Kier alpha value is -4.83. The lowest BCUT2D eigenvalue weighted by molar-refractivity contribution is 1.15. The molecule has 0 fully saturated rings. The van der Waals surface area contributed by atoms with Crippen LogP contribution >= 0.6 is 0 Å². The van der Waals surface area contributed by atoms with Crippen LogP contribution in [0.15, 0.2) is 91.4 Å². The molecule has 0 unspecified atom stereocenters. The van der Waals surface area contributed by atoms with E-state index in [-0.39, 0.29) is 6.71 Å². The fourth-order valence-electron chi connectivity index (χ4n) is 8.25. The summed E-state index contributed by atoms with van der Waals surface area (Å²) in [6, 6.07) is 25.9. The van der Waals surface area contributed by atoms with Crippen molar-refractivity contribution in [1.29, 1.82) is 0 Å². The summed E-state index contributed by atoms with van der Waals surface area (Å²) in [7, 11) is 0. The fraction of sp³-hybridized carbons (Fsp3) is 0.195. The second kappa shape index (κ2) is 11.3. The maximum absolute atomic E-state index is 4.87. The summed E-state index contributed by atoms with van der Waals surface area (Å²) < 4.78 is 0. The molecule has 0 saturated heterocycles. The van der Waals surface area contributed by atoms with Crippen LogP contribution in [0.4, 0.5) is 0 Å². The summed E-state index contributed by atoms with van der Waals surface area (Å²) in [6.07, 6.45) is 6.59. The van der Waals surface area contributed by atoms with Gasteiger partial charge in [0.25, 0.3) is 0 Å². The zero-order valence-corrected chi connectivity index (χ0v) is 27.3. The Labute approximate surface area is 267 Å². The van der Waals surface area contributed by atoms with Gasteiger partial charge in [0.2, 0.25) is 6.71 Å². The number of benzene rings is 3. The van der Waals surface area contributed by atoms with Crippen molar-refractivity contribution in [2.75, 3.05) is 0 Å². The number of rotatable bonds is 4. The number of nitrogens with zero attached hydrogens (tertiary/aromatic N) is 3. The second-order valence-corrected chi connectivity index (χ2v) is 12.7. The lowest BCUT2D eigenvalue weighted by Gasteiger charge is -2.35. The van der Waals surface area contributed by atoms with Crippen molar-refractivity contribution in [1.82, 2.24) is 15.0 Å². The number of aromatic nitrogens is 3. The average molecular weight is 584 g/mol. The third kappa shape index (κ3) is 4.71. The van der Waals surface area contributed by atoms with E-state index < -0.39 is 0 Å². The Morgan fingerprint density at radius 2 is 0.911 bits per heavy atom. The molecule has 0 spiro atoms. The third-order valence-electron chi connectivity index (χ3n) is 9.82. The van der Waals surface area contributed by atoms with Gasteiger partial charge in [-0.2, -0.15) is 0 Å². The minimum Gasteiger partial charge on any atom is -0.256 e. The normalized spacial score (nSPS) is 12.2. The predicted molar refractivity (Wildman–Crippen MR) is 190 cm³/mol. The summed E-state index contributed by atoms with van der Waals surface area (Å²) in [5.41, 5.74) is 22.9. The maximum Gasteiger partial charge on any atom is 0.243 e. The monoisotopic (exact) mass is 583 g/mol. The van der Waals surface area contributed by atoms with Gasteiger partial charge in [-0.3, -0.25) is 15.0 Å². The molecule has 0 saturated carbocycles. The molecule has 1 aliphatic heterocycles. The Kier molecular flexibility index (Phi) is 7.24. The van der Waals surface area contributed by atoms with Crippen molar-refractivity contribution in [2.24, 2.45) is 0 Å². The van der Waals surface area contributed by atoms with Gasteiger partial charge in [0.15, 0.2) is 0 Å². The smallest absolute Gasteiger partial charge is 0.243 e. The first-order valence-corrected chi connectivity index (χ1v) is 15.9. The van der Waals surface area contributed by atoms with Gasteiger partial charge in [0.1, 0.15) is 0 Å². The highest BCUT2D eigenvalue weighted by atomic mass is 14.7. The van der Waals surface area contributed by atoms with Crippen LogP contribution in [0.2, 0.25) is 0 Å². The zero-order chi connectivity index (χ0) is 31.4. The van der Waals surface area contributed by atoms with E-state index in [9.17, 15) is 0 Å². The van der Waals surface area contributed by atoms with Gasteiger partial charge in [-0.15, -0.1) is 0 Å². The summed E-state index contributed by atoms with van der Waals surface area (Å²) in [5, 5.41) is 0. The molecule has 3 aromatic heterocycles. The number of hydrogen-bond acceptors (Lipinski definition) is 3. The SMILES string of the molecule is Cc1cc(C)c(-c2ccccn2)c(C)c1B1c2c(cc(C)c(-c3ccccn3)c2C)Cc2c1c(C)cc(C)c2-c1ccccn1. The van der Waals surface area contributed by atoms with E-state index in [0.29, 0.717) is 0 Å². The molecule has 0 atom stereocenters. The first kappa shape index (κ1) is 28.9. The highest BCUT2D eigenvalue weighted by molar-refractivity contribution is 6.97. The predicted octanol–water partition coefficient (Wildman–Crippen LogP) is 7.45. The quantitative estimate of drug-likeness (QED) is 0.202. The van der Waals surface area contributed by atoms with E-state index in [1.807, 2.05) is 36.8 Å². The Morgan fingerprint density at radius 1 is 0.467 bits per heavy atom. The van der Waals surface area contributed by atoms with E-state index in [4.69, 9.17) is 15.0 Å². The Bertz CT molecular complexity index is 2010. The molecule has 6 aromatic rings. The largest absolute Gasteiger partial charge is 0.256 e. The van der Waals surface area contributed by atoms with Gasteiger partial charge in [0.05, 0.1) is 17.1 Å². The molecule has 4 heteroatoms. The molecular weight excluding hydrogens is 545 g/mol. The zero-order valence-electron chi connectivity index (χ0n) is 27.3. The van der Waals surface area contributed by atoms with Crippen LogP contribution in [0.1, 0.15) is 50.1 Å². The molecule has 220 valence electrons. The van der Waals surface area contributed by atoms with Crippen LogP contribution in [0.5, 0.6) is 0 Å². The molecule has 7 rings (SSSR count). The van der Waals surface area contributed by atoms with Crippen LogP contribution in [0.3, 0.4) is 0 Å². The van der Waals surface area contributed by atoms with Crippen molar-refractivity contribution in [3.05, 3.63) is 141 Å². The van der Waals surface area contributed by atoms with Crippen molar-refractivity contribution in [3.63, 3.8) is 0 Å². The maximum atomic E-state index is 4.87. The highest BCUT2D eigenvalue weighted by Crippen LogP contribution is 2.35. The minimum absolute atomic E-state index is 0.0536. The molecule has 0 amide bonds. The van der Waals surface area contributed by atoms with E-state index in [0.717, 1.165) is 23.5 Å². The van der Waals surface area contributed by atoms with Crippen LogP contribution in [0, 0.1) is 48.5 Å². The molecule has 45 heavy (non-hydrogen) atoms. The molecule has 3 aromatic carbocycles. The van der Waals surface area contributed by atoms with Gasteiger partial charge < -0.3 is 0 Å². The van der Waals surface area contributed by atoms with Crippen LogP contribution < -0.4 is 16.4 Å². The van der Waals surface area contributed by atoms with Gasteiger partial charge >= 0.3 is 0 Å². The molecule has 3 nitrogen and oxygen atoms in total. The van der Waals surface area contributed by atoms with Gasteiger partial charge in [-0.25, -0.2) is 0 Å². The molecule has 1 aliphatic rings. The lowest BCUT2D eigenvalue weighted by atomic mass is 9.30. The topological polar surface area (TPSA) is 38.7 Å². The fourth-order valence-corrected chi connectivity index (χ4v) is 8.25. The summed E-state index contributed by atoms with van der Waals surface area (Å²) >= 11 is 0. The number of aryl methyl sites for hydroxylation is 5. The standard InChI is InChI=1S/C41H38BN3/c1-24-20-27(4)39(29(6)36(24)33-14-8-11-17-43-33)42-40-28(5)21-25(2)38(35-16-10-13-19-45-35)32(40)23-31-22-26(3)37(30(7)41(31)42)34-15-9-12-18-44-34/h8-22H,23H2,1-7H3. The first-order chi connectivity index (χ1) is 21.8. The van der Waals surface area contributed by atoms with Crippen LogP contribution in [-0.2, 0) is 6.42 Å². The second-order valence-electron chi connectivity index (χ2n) is 12.7. The molecule has 0 bridgehead atoms. The molecule has 0 N–H and O–H groups in total. The van der Waals surface area contributed by atoms with Crippen molar-refractivity contribution < 1.29 is 0 Å². The average Bonchev–Trinajstić information content (AvgIpc) is 3.02. The number of fused-ring (bicyclic) bond motifs is 2. The summed E-state index contributed by atoms with van der Waals surface area (Å²) in [5.74, 6) is 0.